The maximum absolute atomic E-state index is 13.8. The molecular formula is C29H29FN8O. The topological polar surface area (TPSA) is 106 Å². The number of nitrogen functional groups attached to an aromatic ring is 1. The Hall–Kier alpha value is -4.31. The molecule has 1 amide bonds. The molecule has 2 bridgehead atoms. The van der Waals surface area contributed by atoms with E-state index in [1.54, 1.807) is 18.3 Å². The summed E-state index contributed by atoms with van der Waals surface area (Å²) < 4.78 is 17.6. The Labute approximate surface area is 224 Å². The molecule has 4 heterocycles. The maximum Gasteiger partial charge on any atom is 0.271 e. The lowest BCUT2D eigenvalue weighted by Gasteiger charge is -2.71. The molecule has 3 fully saturated rings. The van der Waals surface area contributed by atoms with Gasteiger partial charge in [0.15, 0.2) is 11.5 Å². The van der Waals surface area contributed by atoms with Gasteiger partial charge in [-0.25, -0.2) is 19.3 Å². The normalized spacial score (nSPS) is 21.8. The molecule has 4 aromatic heterocycles. The number of hydrogen-bond acceptors (Lipinski definition) is 6. The molecule has 3 aliphatic carbocycles. The lowest BCUT2D eigenvalue weighted by molar-refractivity contribution is -0.156. The van der Waals surface area contributed by atoms with E-state index in [1.807, 2.05) is 40.3 Å². The molecule has 9 nitrogen and oxygen atoms in total. The van der Waals surface area contributed by atoms with E-state index < -0.39 is 0 Å². The second-order valence-electron chi connectivity index (χ2n) is 11.6. The van der Waals surface area contributed by atoms with Crippen molar-refractivity contribution in [2.45, 2.75) is 31.7 Å². The lowest BCUT2D eigenvalue weighted by Crippen LogP contribution is -2.76. The summed E-state index contributed by atoms with van der Waals surface area (Å²) in [6.45, 7) is 3.02. The number of rotatable bonds is 6. The lowest BCUT2D eigenvalue weighted by atomic mass is 9.39. The number of hydrogen-bond donors (Lipinski definition) is 2. The van der Waals surface area contributed by atoms with Crippen LogP contribution < -0.4 is 11.1 Å². The first kappa shape index (κ1) is 23.8. The van der Waals surface area contributed by atoms with Crippen LogP contribution in [-0.2, 0) is 0 Å². The quantitative estimate of drug-likeness (QED) is 0.348. The van der Waals surface area contributed by atoms with Gasteiger partial charge in [-0.15, -0.1) is 0 Å². The highest BCUT2D eigenvalue weighted by molar-refractivity contribution is 5.95. The fourth-order valence-corrected chi connectivity index (χ4v) is 6.78. The standard InChI is InChI=1S/C29H29FN8O/c1-17-10-32-22-9-6-19(11-37(17)22)24-23(18-4-7-20(30)8-5-18)34-25(31)26-33-21(12-38(24)26)27(39)35-29-13-28(14-29,15-29)16-36(2)3/h4-12H,13-16H2,1-3H3,(H2,31,34)(H,35,39). The summed E-state index contributed by atoms with van der Waals surface area (Å²) in [5.41, 5.74) is 11.8. The predicted octanol–water partition coefficient (Wildman–Crippen LogP) is 3.95. The van der Waals surface area contributed by atoms with Crippen molar-refractivity contribution < 1.29 is 9.18 Å². The van der Waals surface area contributed by atoms with Gasteiger partial charge in [0.1, 0.15) is 17.2 Å². The number of anilines is 1. The number of pyridine rings is 1. The van der Waals surface area contributed by atoms with Gasteiger partial charge in [0.25, 0.3) is 5.91 Å². The molecule has 0 radical (unpaired) electrons. The van der Waals surface area contributed by atoms with Gasteiger partial charge in [0, 0.05) is 47.5 Å². The van der Waals surface area contributed by atoms with Gasteiger partial charge >= 0.3 is 0 Å². The smallest absolute Gasteiger partial charge is 0.271 e. The van der Waals surface area contributed by atoms with Gasteiger partial charge in [-0.05, 0) is 82.1 Å². The number of carbonyl (C=O) groups is 1. The summed E-state index contributed by atoms with van der Waals surface area (Å²) in [5.74, 6) is -0.369. The largest absolute Gasteiger partial charge is 0.381 e. The Balaban J connectivity index is 1.33. The summed E-state index contributed by atoms with van der Waals surface area (Å²) in [6.07, 6.45) is 8.48. The molecule has 0 saturated heterocycles. The van der Waals surface area contributed by atoms with Gasteiger partial charge in [-0.1, -0.05) is 0 Å². The molecule has 0 unspecified atom stereocenters. The van der Waals surface area contributed by atoms with Crippen molar-refractivity contribution >= 4 is 23.0 Å². The Bertz CT molecular complexity index is 1770. The summed E-state index contributed by atoms with van der Waals surface area (Å²) >= 11 is 0. The van der Waals surface area contributed by atoms with Crippen molar-refractivity contribution in [1.82, 2.24) is 34.0 Å². The van der Waals surface area contributed by atoms with E-state index in [0.717, 1.165) is 42.7 Å². The number of nitrogens with two attached hydrogens (primary N) is 1. The van der Waals surface area contributed by atoms with Gasteiger partial charge in [-0.2, -0.15) is 0 Å². The molecule has 0 aliphatic heterocycles. The molecule has 1 aromatic carbocycles. The highest BCUT2D eigenvalue weighted by atomic mass is 19.1. The van der Waals surface area contributed by atoms with Crippen LogP contribution in [0.3, 0.4) is 0 Å². The molecule has 3 saturated carbocycles. The number of nitrogens with one attached hydrogen (secondary N) is 1. The number of aromatic nitrogens is 5. The maximum atomic E-state index is 13.8. The average molecular weight is 525 g/mol. The first-order valence-corrected chi connectivity index (χ1v) is 13.0. The Morgan fingerprint density at radius 1 is 1.05 bits per heavy atom. The minimum Gasteiger partial charge on any atom is -0.381 e. The van der Waals surface area contributed by atoms with Gasteiger partial charge in [0.05, 0.1) is 11.4 Å². The predicted molar refractivity (Wildman–Crippen MR) is 147 cm³/mol. The first-order valence-electron chi connectivity index (χ1n) is 13.0. The van der Waals surface area contributed by atoms with Crippen LogP contribution in [0.1, 0.15) is 35.4 Å². The highest BCUT2D eigenvalue weighted by Crippen LogP contribution is 2.67. The van der Waals surface area contributed by atoms with Crippen LogP contribution in [0.15, 0.2) is 55.0 Å². The van der Waals surface area contributed by atoms with Crippen LogP contribution >= 0.6 is 0 Å². The Kier molecular flexibility index (Phi) is 4.94. The fraction of sp³-hybridized carbons (Fsp3) is 0.310. The monoisotopic (exact) mass is 524 g/mol. The molecular weight excluding hydrogens is 495 g/mol. The van der Waals surface area contributed by atoms with Gasteiger partial charge in [-0.3, -0.25) is 9.20 Å². The van der Waals surface area contributed by atoms with E-state index in [-0.39, 0.29) is 28.8 Å². The third-order valence-electron chi connectivity index (χ3n) is 8.12. The molecule has 0 atom stereocenters. The zero-order valence-electron chi connectivity index (χ0n) is 22.1. The van der Waals surface area contributed by atoms with Crippen molar-refractivity contribution in [2.75, 3.05) is 26.4 Å². The summed E-state index contributed by atoms with van der Waals surface area (Å²) in [4.78, 5) is 29.4. The third kappa shape index (κ3) is 3.69. The van der Waals surface area contributed by atoms with Crippen molar-refractivity contribution in [3.8, 4) is 22.5 Å². The number of nitrogens with zero attached hydrogens (tertiary/aromatic N) is 6. The van der Waals surface area contributed by atoms with E-state index in [1.165, 1.54) is 12.1 Å². The highest BCUT2D eigenvalue weighted by Gasteiger charge is 2.68. The molecule has 5 aromatic rings. The molecule has 198 valence electrons. The van der Waals surface area contributed by atoms with E-state index >= 15 is 0 Å². The van der Waals surface area contributed by atoms with Crippen molar-refractivity contribution in [3.63, 3.8) is 0 Å². The molecule has 0 spiro atoms. The van der Waals surface area contributed by atoms with Gasteiger partial charge in [0.2, 0.25) is 0 Å². The van der Waals surface area contributed by atoms with Crippen molar-refractivity contribution in [1.29, 1.82) is 0 Å². The van der Waals surface area contributed by atoms with Crippen LogP contribution in [-0.4, -0.2) is 60.7 Å². The summed E-state index contributed by atoms with van der Waals surface area (Å²) in [7, 11) is 4.18. The van der Waals surface area contributed by atoms with Crippen LogP contribution in [0.2, 0.25) is 0 Å². The number of imidazole rings is 2. The average Bonchev–Trinajstić information content (AvgIpc) is 3.47. The second kappa shape index (κ2) is 8.09. The van der Waals surface area contributed by atoms with Crippen LogP contribution in [0.4, 0.5) is 10.2 Å². The minimum atomic E-state index is -0.340. The number of halogens is 1. The third-order valence-corrected chi connectivity index (χ3v) is 8.12. The fourth-order valence-electron chi connectivity index (χ4n) is 6.78. The molecule has 8 rings (SSSR count). The molecule has 39 heavy (non-hydrogen) atoms. The van der Waals surface area contributed by atoms with Gasteiger partial charge < -0.3 is 20.4 Å². The summed E-state index contributed by atoms with van der Waals surface area (Å²) in [5, 5.41) is 3.24. The molecule has 3 aliphatic rings. The Morgan fingerprint density at radius 2 is 1.77 bits per heavy atom. The Morgan fingerprint density at radius 3 is 2.49 bits per heavy atom. The van der Waals surface area contributed by atoms with Crippen LogP contribution in [0.5, 0.6) is 0 Å². The van der Waals surface area contributed by atoms with Crippen LogP contribution in [0, 0.1) is 18.2 Å². The zero-order valence-corrected chi connectivity index (χ0v) is 22.1. The van der Waals surface area contributed by atoms with E-state index in [9.17, 15) is 9.18 Å². The number of fused-ring (bicyclic) bond motifs is 2. The molecule has 3 N–H and O–H groups in total. The SMILES string of the molecule is Cc1cnc2ccc(-c3c(-c4ccc(F)cc4)nc(N)c4nc(C(=O)NC56CC(CN(C)C)(C5)C6)cn34)cn12. The van der Waals surface area contributed by atoms with Crippen molar-refractivity contribution in [3.05, 3.63) is 72.2 Å². The van der Waals surface area contributed by atoms with E-state index in [2.05, 4.69) is 34.3 Å². The molecule has 10 heteroatoms. The van der Waals surface area contributed by atoms with E-state index in [0.29, 0.717) is 28.0 Å². The van der Waals surface area contributed by atoms with E-state index in [4.69, 9.17) is 10.7 Å². The van der Waals surface area contributed by atoms with Crippen molar-refractivity contribution in [2.24, 2.45) is 5.41 Å². The first-order chi connectivity index (χ1) is 18.6. The van der Waals surface area contributed by atoms with Crippen LogP contribution in [0.25, 0.3) is 33.8 Å². The number of aryl methyl sites for hydroxylation is 1. The number of amides is 1. The number of benzene rings is 1. The zero-order chi connectivity index (χ0) is 27.1. The minimum absolute atomic E-state index is 0.140. The summed E-state index contributed by atoms with van der Waals surface area (Å²) in [6, 6.07) is 10.0. The number of carbonyl (C=O) groups excluding carboxylic acids is 1. The second-order valence-corrected chi connectivity index (χ2v) is 11.6.